The smallest absolute Gasteiger partial charge is 0.119 e. The van der Waals surface area contributed by atoms with Crippen LogP contribution < -0.4 is 9.47 Å². The summed E-state index contributed by atoms with van der Waals surface area (Å²) in [7, 11) is 1.66. The molecule has 0 atom stereocenters. The lowest BCUT2D eigenvalue weighted by Crippen LogP contribution is -2.30. The highest BCUT2D eigenvalue weighted by molar-refractivity contribution is 5.31. The van der Waals surface area contributed by atoms with E-state index in [9.17, 15) is 0 Å². The molecule has 0 saturated heterocycles. The zero-order valence-corrected chi connectivity index (χ0v) is 28.2. The molecule has 0 aromatic heterocycles. The van der Waals surface area contributed by atoms with E-state index in [0.717, 1.165) is 155 Å². The molecular weight excluding hydrogens is 578 g/mol. The lowest BCUT2D eigenvalue weighted by molar-refractivity contribution is 0.0956. The molecule has 0 bridgehead atoms. The molecule has 1 aromatic rings. The molecule has 0 fully saturated rings. The Kier molecular flexibility index (Phi) is 28.7. The molecule has 264 valence electrons. The molecule has 1 aromatic carbocycles. The summed E-state index contributed by atoms with van der Waals surface area (Å²) in [6, 6.07) is 7.68. The Hall–Kier alpha value is -1.54. The topological polar surface area (TPSA) is 128 Å². The lowest BCUT2D eigenvalue weighted by Gasteiger charge is -2.23. The highest BCUT2D eigenvalue weighted by Crippen LogP contribution is 2.17. The van der Waals surface area contributed by atoms with Gasteiger partial charge in [0.15, 0.2) is 0 Å². The molecule has 0 amide bonds. The number of ether oxygens (including phenoxy) is 4. The summed E-state index contributed by atoms with van der Waals surface area (Å²) in [6.07, 6.45) is 7.79. The summed E-state index contributed by atoms with van der Waals surface area (Å²) < 4.78 is 23.0. The van der Waals surface area contributed by atoms with Crippen molar-refractivity contribution >= 4 is 0 Å². The molecule has 0 unspecified atom stereocenters. The molecule has 0 aliphatic heterocycles. The number of hydrogen-bond acceptors (Lipinski definition) is 11. The van der Waals surface area contributed by atoms with Gasteiger partial charge in [0.05, 0.1) is 13.7 Å². The van der Waals surface area contributed by atoms with E-state index in [1.807, 2.05) is 24.3 Å². The maximum atomic E-state index is 9.12. The molecule has 1 rings (SSSR count). The third-order valence-corrected chi connectivity index (χ3v) is 7.53. The summed E-state index contributed by atoms with van der Waals surface area (Å²) in [6.45, 7) is 12.5. The summed E-state index contributed by atoms with van der Waals surface area (Å²) in [5.74, 6) is 1.67. The van der Waals surface area contributed by atoms with E-state index in [2.05, 4.69) is 14.7 Å². The number of hydrogen-bond donors (Lipinski definition) is 4. The van der Waals surface area contributed by atoms with Crippen LogP contribution in [-0.2, 0) is 9.47 Å². The standard InChI is InChI=1S/C34H65N3O8/c1-42-33-11-13-34(14-12-33)45-32-10-23-37(21-8-30-43-28-6-19-35(15-2-24-38)16-3-25-39)22-9-31-44-29-7-20-36(17-4-26-40)18-5-27-41/h11-14,38-41H,2-10,15-32H2,1H3. The Morgan fingerprint density at radius 1 is 0.422 bits per heavy atom. The number of benzene rings is 1. The van der Waals surface area contributed by atoms with Crippen LogP contribution in [0.4, 0.5) is 0 Å². The van der Waals surface area contributed by atoms with Gasteiger partial charge in [-0.2, -0.15) is 0 Å². The van der Waals surface area contributed by atoms with Gasteiger partial charge in [-0.25, -0.2) is 0 Å². The van der Waals surface area contributed by atoms with E-state index >= 15 is 0 Å². The van der Waals surface area contributed by atoms with Gasteiger partial charge < -0.3 is 54.1 Å². The average Bonchev–Trinajstić information content (AvgIpc) is 3.07. The largest absolute Gasteiger partial charge is 0.497 e. The van der Waals surface area contributed by atoms with Gasteiger partial charge in [-0.15, -0.1) is 0 Å². The van der Waals surface area contributed by atoms with E-state index in [0.29, 0.717) is 6.61 Å². The van der Waals surface area contributed by atoms with Crippen molar-refractivity contribution in [3.05, 3.63) is 24.3 Å². The van der Waals surface area contributed by atoms with E-state index < -0.39 is 0 Å². The van der Waals surface area contributed by atoms with Crippen molar-refractivity contribution in [2.45, 2.75) is 57.8 Å². The second-order valence-corrected chi connectivity index (χ2v) is 11.4. The second-order valence-electron chi connectivity index (χ2n) is 11.4. The molecule has 0 aliphatic carbocycles. The third kappa shape index (κ3) is 24.3. The van der Waals surface area contributed by atoms with Crippen molar-refractivity contribution in [2.75, 3.05) is 125 Å². The van der Waals surface area contributed by atoms with Gasteiger partial charge in [-0.1, -0.05) is 0 Å². The van der Waals surface area contributed by atoms with Crippen molar-refractivity contribution in [3.8, 4) is 11.5 Å². The van der Waals surface area contributed by atoms with Crippen LogP contribution in [-0.4, -0.2) is 161 Å². The normalized spacial score (nSPS) is 11.7. The van der Waals surface area contributed by atoms with Crippen LogP contribution in [0.25, 0.3) is 0 Å². The number of methoxy groups -OCH3 is 1. The van der Waals surface area contributed by atoms with Crippen molar-refractivity contribution in [1.82, 2.24) is 14.7 Å². The van der Waals surface area contributed by atoms with Gasteiger partial charge in [0.2, 0.25) is 0 Å². The zero-order valence-electron chi connectivity index (χ0n) is 28.2. The number of aliphatic hydroxyl groups is 4. The lowest BCUT2D eigenvalue weighted by atomic mass is 10.3. The quantitative estimate of drug-likeness (QED) is 0.0828. The molecule has 11 heteroatoms. The summed E-state index contributed by atoms with van der Waals surface area (Å²) in [5, 5.41) is 36.5. The Morgan fingerprint density at radius 3 is 1.02 bits per heavy atom. The van der Waals surface area contributed by atoms with E-state index in [4.69, 9.17) is 39.4 Å². The number of aliphatic hydroxyl groups excluding tert-OH is 4. The van der Waals surface area contributed by atoms with E-state index in [1.165, 1.54) is 0 Å². The highest BCUT2D eigenvalue weighted by atomic mass is 16.5. The molecule has 0 heterocycles. The zero-order chi connectivity index (χ0) is 32.6. The third-order valence-electron chi connectivity index (χ3n) is 7.53. The average molecular weight is 644 g/mol. The Bertz CT molecular complexity index is 697. The summed E-state index contributed by atoms with van der Waals surface area (Å²) >= 11 is 0. The highest BCUT2D eigenvalue weighted by Gasteiger charge is 2.08. The van der Waals surface area contributed by atoms with Crippen LogP contribution in [0.15, 0.2) is 24.3 Å². The fraction of sp³-hybridized carbons (Fsp3) is 0.824. The molecule has 0 aliphatic rings. The fourth-order valence-electron chi connectivity index (χ4n) is 5.10. The van der Waals surface area contributed by atoms with E-state index in [-0.39, 0.29) is 26.4 Å². The van der Waals surface area contributed by atoms with Crippen LogP contribution in [0, 0.1) is 0 Å². The molecular formula is C34H65N3O8. The second kappa shape index (κ2) is 31.1. The van der Waals surface area contributed by atoms with Crippen molar-refractivity contribution in [2.24, 2.45) is 0 Å². The molecule has 45 heavy (non-hydrogen) atoms. The minimum Gasteiger partial charge on any atom is -0.497 e. The van der Waals surface area contributed by atoms with Crippen LogP contribution in [0.1, 0.15) is 57.8 Å². The van der Waals surface area contributed by atoms with Gasteiger partial charge >= 0.3 is 0 Å². The molecule has 0 radical (unpaired) electrons. The van der Waals surface area contributed by atoms with Gasteiger partial charge in [0.1, 0.15) is 11.5 Å². The van der Waals surface area contributed by atoms with Gasteiger partial charge in [-0.05, 0) is 82.1 Å². The van der Waals surface area contributed by atoms with Gasteiger partial charge in [0, 0.05) is 112 Å². The first kappa shape index (κ1) is 41.5. The first-order valence-electron chi connectivity index (χ1n) is 17.2. The SMILES string of the molecule is COc1ccc(OCCCN(CCCOCCCN(CCCO)CCCO)CCCOCCCN(CCCO)CCCO)cc1. The minimum atomic E-state index is 0.194. The minimum absolute atomic E-state index is 0.194. The monoisotopic (exact) mass is 643 g/mol. The summed E-state index contributed by atoms with van der Waals surface area (Å²) in [5.41, 5.74) is 0. The molecule has 0 saturated carbocycles. The first-order valence-corrected chi connectivity index (χ1v) is 17.2. The van der Waals surface area contributed by atoms with Crippen molar-refractivity contribution in [3.63, 3.8) is 0 Å². The predicted octanol–water partition coefficient (Wildman–Crippen LogP) is 2.49. The van der Waals surface area contributed by atoms with Crippen LogP contribution >= 0.6 is 0 Å². The molecule has 4 N–H and O–H groups in total. The van der Waals surface area contributed by atoms with Crippen LogP contribution in [0.5, 0.6) is 11.5 Å². The van der Waals surface area contributed by atoms with Crippen LogP contribution in [0.3, 0.4) is 0 Å². The van der Waals surface area contributed by atoms with Crippen LogP contribution in [0.2, 0.25) is 0 Å². The van der Waals surface area contributed by atoms with Gasteiger partial charge in [-0.3, -0.25) is 0 Å². The molecule has 0 spiro atoms. The Morgan fingerprint density at radius 2 is 0.711 bits per heavy atom. The molecule has 11 nitrogen and oxygen atoms in total. The number of nitrogens with zero attached hydrogens (tertiary/aromatic N) is 3. The Balaban J connectivity index is 2.34. The maximum absolute atomic E-state index is 9.12. The van der Waals surface area contributed by atoms with Gasteiger partial charge in [0.25, 0.3) is 0 Å². The summed E-state index contributed by atoms with van der Waals surface area (Å²) in [4.78, 5) is 7.05. The predicted molar refractivity (Wildman–Crippen MR) is 179 cm³/mol. The maximum Gasteiger partial charge on any atom is 0.119 e. The number of rotatable bonds is 34. The fourth-order valence-corrected chi connectivity index (χ4v) is 5.10. The Labute approximate surface area is 273 Å². The van der Waals surface area contributed by atoms with E-state index in [1.54, 1.807) is 7.11 Å². The van der Waals surface area contributed by atoms with Crippen molar-refractivity contribution < 1.29 is 39.4 Å². The first-order chi connectivity index (χ1) is 22.2. The van der Waals surface area contributed by atoms with Crippen molar-refractivity contribution in [1.29, 1.82) is 0 Å².